The van der Waals surface area contributed by atoms with Crippen molar-refractivity contribution in [3.05, 3.63) is 40.8 Å². The van der Waals surface area contributed by atoms with Crippen molar-refractivity contribution in [3.8, 4) is 0 Å². The van der Waals surface area contributed by atoms with Crippen LogP contribution in [0.1, 0.15) is 37.0 Å². The molecular formula is C12H17. The van der Waals surface area contributed by atoms with E-state index in [0.717, 1.165) is 6.42 Å². The smallest absolute Gasteiger partial charge is 0.00190 e. The molecule has 0 aliphatic carbocycles. The first-order valence-corrected chi connectivity index (χ1v) is 4.55. The van der Waals surface area contributed by atoms with Gasteiger partial charge in [-0.25, -0.2) is 0 Å². The van der Waals surface area contributed by atoms with Gasteiger partial charge < -0.3 is 0 Å². The minimum atomic E-state index is 1.14. The van der Waals surface area contributed by atoms with E-state index in [0.29, 0.717) is 0 Å². The fourth-order valence-electron chi connectivity index (χ4n) is 1.40. The Morgan fingerprint density at radius 3 is 2.50 bits per heavy atom. The zero-order valence-corrected chi connectivity index (χ0v) is 8.44. The molecule has 0 saturated carbocycles. The molecule has 1 radical (unpaired) electrons. The van der Waals surface area contributed by atoms with E-state index in [-0.39, 0.29) is 0 Å². The van der Waals surface area contributed by atoms with Crippen molar-refractivity contribution in [1.29, 1.82) is 0 Å². The monoisotopic (exact) mass is 161 g/mol. The normalized spacial score (nSPS) is 10.8. The molecule has 0 unspecified atom stereocenters. The minimum absolute atomic E-state index is 1.14. The lowest BCUT2D eigenvalue weighted by molar-refractivity contribution is 0.946. The van der Waals surface area contributed by atoms with Gasteiger partial charge in [0.1, 0.15) is 0 Å². The molecule has 0 spiro atoms. The van der Waals surface area contributed by atoms with E-state index in [4.69, 9.17) is 0 Å². The second-order valence-electron chi connectivity index (χ2n) is 3.38. The molecule has 0 aliphatic heterocycles. The van der Waals surface area contributed by atoms with Gasteiger partial charge in [-0.1, -0.05) is 32.0 Å². The third-order valence-electron chi connectivity index (χ3n) is 2.59. The summed E-state index contributed by atoms with van der Waals surface area (Å²) in [7, 11) is 0. The second kappa shape index (κ2) is 3.75. The van der Waals surface area contributed by atoms with Gasteiger partial charge in [-0.05, 0) is 37.0 Å². The number of benzene rings is 1. The van der Waals surface area contributed by atoms with Crippen LogP contribution in [0, 0.1) is 19.8 Å². The molecule has 0 N–H and O–H groups in total. The summed E-state index contributed by atoms with van der Waals surface area (Å²) in [5.41, 5.74) is 4.25. The van der Waals surface area contributed by atoms with Gasteiger partial charge in [0.25, 0.3) is 0 Å². The average molecular weight is 161 g/mol. The molecule has 1 rings (SSSR count). The quantitative estimate of drug-likeness (QED) is 0.621. The molecule has 65 valence electrons. The van der Waals surface area contributed by atoms with Gasteiger partial charge in [0.2, 0.25) is 0 Å². The molecule has 0 bridgehead atoms. The second-order valence-corrected chi connectivity index (χ2v) is 3.38. The van der Waals surface area contributed by atoms with Crippen LogP contribution in [0.15, 0.2) is 18.2 Å². The van der Waals surface area contributed by atoms with E-state index >= 15 is 0 Å². The lowest BCUT2D eigenvalue weighted by Crippen LogP contribution is -1.97. The minimum Gasteiger partial charge on any atom is -0.0645 e. The zero-order chi connectivity index (χ0) is 9.14. The van der Waals surface area contributed by atoms with Gasteiger partial charge in [0.05, 0.1) is 0 Å². The van der Waals surface area contributed by atoms with Crippen LogP contribution in [0.25, 0.3) is 0 Å². The van der Waals surface area contributed by atoms with Crippen LogP contribution in [0.5, 0.6) is 0 Å². The summed E-state index contributed by atoms with van der Waals surface area (Å²) in [6.45, 7) is 8.78. The van der Waals surface area contributed by atoms with E-state index in [1.165, 1.54) is 22.6 Å². The van der Waals surface area contributed by atoms with Crippen molar-refractivity contribution < 1.29 is 0 Å². The van der Waals surface area contributed by atoms with Gasteiger partial charge in [-0.3, -0.25) is 0 Å². The summed E-state index contributed by atoms with van der Waals surface area (Å²) in [6.07, 6.45) is 1.14. The third-order valence-corrected chi connectivity index (χ3v) is 2.59. The molecule has 0 aromatic heterocycles. The molecule has 0 heterocycles. The summed E-state index contributed by atoms with van der Waals surface area (Å²) >= 11 is 0. The first kappa shape index (κ1) is 9.31. The topological polar surface area (TPSA) is 0 Å². The Bertz CT molecular complexity index is 261. The van der Waals surface area contributed by atoms with E-state index < -0.39 is 0 Å². The molecule has 0 aliphatic rings. The van der Waals surface area contributed by atoms with Crippen LogP contribution in [0.3, 0.4) is 0 Å². The predicted molar refractivity (Wildman–Crippen MR) is 54.2 cm³/mol. The van der Waals surface area contributed by atoms with Crippen molar-refractivity contribution in [2.45, 2.75) is 34.1 Å². The molecule has 0 nitrogen and oxygen atoms in total. The van der Waals surface area contributed by atoms with E-state index in [2.05, 4.69) is 45.9 Å². The highest BCUT2D eigenvalue weighted by molar-refractivity contribution is 5.41. The van der Waals surface area contributed by atoms with Gasteiger partial charge in [-0.15, -0.1) is 0 Å². The van der Waals surface area contributed by atoms with Crippen LogP contribution in [-0.2, 0) is 0 Å². The largest absolute Gasteiger partial charge is 0.0645 e. The van der Waals surface area contributed by atoms with Gasteiger partial charge >= 0.3 is 0 Å². The van der Waals surface area contributed by atoms with Gasteiger partial charge in [-0.2, -0.15) is 0 Å². The highest BCUT2D eigenvalue weighted by Crippen LogP contribution is 2.22. The maximum absolute atomic E-state index is 2.21. The van der Waals surface area contributed by atoms with Crippen LogP contribution < -0.4 is 0 Å². The SMILES string of the molecule is CC[C](C)c1cccc(C)c1C. The molecule has 12 heavy (non-hydrogen) atoms. The van der Waals surface area contributed by atoms with E-state index in [1.807, 2.05) is 0 Å². The Balaban J connectivity index is 3.07. The lowest BCUT2D eigenvalue weighted by atomic mass is 9.92. The predicted octanol–water partition coefficient (Wildman–Crippen LogP) is 3.66. The highest BCUT2D eigenvalue weighted by Gasteiger charge is 2.06. The lowest BCUT2D eigenvalue weighted by Gasteiger charge is -2.13. The maximum Gasteiger partial charge on any atom is 0.00190 e. The standard InChI is InChI=1S/C12H17/c1-5-9(2)12-8-6-7-10(3)11(12)4/h6-8H,5H2,1-4H3. The number of hydrogen-bond acceptors (Lipinski definition) is 0. The fourth-order valence-corrected chi connectivity index (χ4v) is 1.40. The molecule has 1 aromatic carbocycles. The van der Waals surface area contributed by atoms with E-state index in [9.17, 15) is 0 Å². The Kier molecular flexibility index (Phi) is 2.91. The number of rotatable bonds is 2. The Morgan fingerprint density at radius 1 is 1.25 bits per heavy atom. The molecule has 0 saturated heterocycles. The van der Waals surface area contributed by atoms with Crippen LogP contribution in [0.2, 0.25) is 0 Å². The first-order valence-electron chi connectivity index (χ1n) is 4.55. The van der Waals surface area contributed by atoms with Crippen molar-refractivity contribution in [1.82, 2.24) is 0 Å². The third kappa shape index (κ3) is 1.69. The molecule has 0 heteroatoms. The van der Waals surface area contributed by atoms with Crippen LogP contribution in [0.4, 0.5) is 0 Å². The van der Waals surface area contributed by atoms with Crippen molar-refractivity contribution in [3.63, 3.8) is 0 Å². The van der Waals surface area contributed by atoms with E-state index in [1.54, 1.807) is 0 Å². The van der Waals surface area contributed by atoms with Crippen molar-refractivity contribution in [2.24, 2.45) is 0 Å². The Morgan fingerprint density at radius 2 is 1.92 bits per heavy atom. The molecule has 1 aromatic rings. The molecule has 0 fully saturated rings. The molecule has 0 atom stereocenters. The fraction of sp³-hybridized carbons (Fsp3) is 0.417. The number of hydrogen-bond donors (Lipinski definition) is 0. The highest BCUT2D eigenvalue weighted by atomic mass is 14.1. The van der Waals surface area contributed by atoms with Gasteiger partial charge in [0.15, 0.2) is 0 Å². The number of aryl methyl sites for hydroxylation is 1. The maximum atomic E-state index is 2.21. The van der Waals surface area contributed by atoms with Crippen molar-refractivity contribution in [2.75, 3.05) is 0 Å². The summed E-state index contributed by atoms with van der Waals surface area (Å²) in [4.78, 5) is 0. The summed E-state index contributed by atoms with van der Waals surface area (Å²) < 4.78 is 0. The Hall–Kier alpha value is -0.780. The first-order chi connectivity index (χ1) is 5.66. The Labute approximate surface area is 75.6 Å². The van der Waals surface area contributed by atoms with Crippen molar-refractivity contribution >= 4 is 0 Å². The van der Waals surface area contributed by atoms with Gasteiger partial charge in [0, 0.05) is 5.92 Å². The summed E-state index contributed by atoms with van der Waals surface area (Å²) in [5.74, 6) is 1.48. The molecular weight excluding hydrogens is 144 g/mol. The average Bonchev–Trinajstić information content (AvgIpc) is 2.08. The zero-order valence-electron chi connectivity index (χ0n) is 8.44. The summed E-state index contributed by atoms with van der Waals surface area (Å²) in [5, 5.41) is 0. The summed E-state index contributed by atoms with van der Waals surface area (Å²) in [6, 6.07) is 6.51. The van der Waals surface area contributed by atoms with Crippen LogP contribution >= 0.6 is 0 Å². The van der Waals surface area contributed by atoms with Crippen LogP contribution in [-0.4, -0.2) is 0 Å². The molecule has 0 amide bonds.